The lowest BCUT2D eigenvalue weighted by Gasteiger charge is -2.25. The van der Waals surface area contributed by atoms with E-state index in [0.717, 1.165) is 0 Å². The van der Waals surface area contributed by atoms with Gasteiger partial charge in [-0.3, -0.25) is 0 Å². The zero-order valence-electron chi connectivity index (χ0n) is 10.1. The Balaban J connectivity index is 2.45. The average molecular weight is 299 g/mol. The maximum absolute atomic E-state index is 12.7. The fourth-order valence-electron chi connectivity index (χ4n) is 1.94. The van der Waals surface area contributed by atoms with Crippen molar-refractivity contribution in [3.05, 3.63) is 34.9 Å². The van der Waals surface area contributed by atoms with Gasteiger partial charge < -0.3 is 10.1 Å². The van der Waals surface area contributed by atoms with Crippen LogP contribution < -0.4 is 5.32 Å². The van der Waals surface area contributed by atoms with Gasteiger partial charge in [0.15, 0.2) is 0 Å². The summed E-state index contributed by atoms with van der Waals surface area (Å²) < 4.78 is 81.3. The number of ether oxygens (including phenoxy) is 1. The van der Waals surface area contributed by atoms with Crippen LogP contribution in [0.15, 0.2) is 18.2 Å². The minimum absolute atomic E-state index is 0.111. The molecule has 1 heterocycles. The molecule has 0 aromatic heterocycles. The molecule has 1 fully saturated rings. The lowest BCUT2D eigenvalue weighted by atomic mass is 10.0. The molecule has 2 rings (SSSR count). The van der Waals surface area contributed by atoms with E-state index in [1.54, 1.807) is 0 Å². The van der Waals surface area contributed by atoms with Crippen molar-refractivity contribution in [1.82, 2.24) is 5.32 Å². The summed E-state index contributed by atoms with van der Waals surface area (Å²) in [6.07, 6.45) is -10.5. The minimum Gasteiger partial charge on any atom is -0.371 e. The summed E-state index contributed by atoms with van der Waals surface area (Å²) in [5.41, 5.74) is -2.77. The molecule has 8 heteroatoms. The topological polar surface area (TPSA) is 21.3 Å². The molecule has 1 unspecified atom stereocenters. The normalized spacial score (nSPS) is 21.0. The molecular formula is C12H11F6NO. The molecule has 0 amide bonds. The first-order valence-corrected chi connectivity index (χ1v) is 5.79. The summed E-state index contributed by atoms with van der Waals surface area (Å²) in [5, 5.41) is 2.86. The smallest absolute Gasteiger partial charge is 0.371 e. The number of morpholine rings is 1. The number of hydrogen-bond acceptors (Lipinski definition) is 2. The van der Waals surface area contributed by atoms with Gasteiger partial charge in [-0.05, 0) is 23.8 Å². The first kappa shape index (κ1) is 15.1. The van der Waals surface area contributed by atoms with Gasteiger partial charge in [0.1, 0.15) is 0 Å². The number of benzene rings is 1. The summed E-state index contributed by atoms with van der Waals surface area (Å²) in [6.45, 7) is 0.933. The molecule has 1 aromatic carbocycles. The molecule has 0 bridgehead atoms. The molecular weight excluding hydrogens is 288 g/mol. The van der Waals surface area contributed by atoms with Crippen molar-refractivity contribution in [2.24, 2.45) is 0 Å². The number of nitrogens with one attached hydrogen (secondary N) is 1. The van der Waals surface area contributed by atoms with Crippen LogP contribution in [0, 0.1) is 0 Å². The molecule has 1 aliphatic rings. The van der Waals surface area contributed by atoms with E-state index in [1.165, 1.54) is 0 Å². The second kappa shape index (κ2) is 5.25. The third-order valence-corrected chi connectivity index (χ3v) is 2.91. The molecule has 0 spiro atoms. The highest BCUT2D eigenvalue weighted by atomic mass is 19.4. The summed E-state index contributed by atoms with van der Waals surface area (Å²) in [5.74, 6) is 0. The van der Waals surface area contributed by atoms with Crippen LogP contribution in [0.3, 0.4) is 0 Å². The van der Waals surface area contributed by atoms with Crippen molar-refractivity contribution in [2.75, 3.05) is 19.7 Å². The molecule has 0 radical (unpaired) electrons. The van der Waals surface area contributed by atoms with E-state index in [2.05, 4.69) is 5.32 Å². The standard InChI is InChI=1S/C12H11F6NO/c13-11(14,15)8-3-7(10-6-19-1-2-20-10)4-9(5-8)12(16,17)18/h3-5,10,19H,1-2,6H2. The van der Waals surface area contributed by atoms with Crippen LogP contribution in [0.5, 0.6) is 0 Å². The molecule has 1 aromatic rings. The molecule has 1 N–H and O–H groups in total. The molecule has 0 aliphatic carbocycles. The van der Waals surface area contributed by atoms with Crippen molar-refractivity contribution in [2.45, 2.75) is 18.5 Å². The van der Waals surface area contributed by atoms with E-state index < -0.39 is 29.6 Å². The van der Waals surface area contributed by atoms with Crippen LogP contribution in [0.4, 0.5) is 26.3 Å². The van der Waals surface area contributed by atoms with Gasteiger partial charge in [-0.25, -0.2) is 0 Å². The van der Waals surface area contributed by atoms with Gasteiger partial charge in [0.05, 0.1) is 23.8 Å². The van der Waals surface area contributed by atoms with Gasteiger partial charge in [-0.15, -0.1) is 0 Å². The quantitative estimate of drug-likeness (QED) is 0.803. The molecule has 1 atom stereocenters. The summed E-state index contributed by atoms with van der Waals surface area (Å²) in [7, 11) is 0. The molecule has 0 saturated carbocycles. The minimum atomic E-state index is -4.84. The van der Waals surface area contributed by atoms with Gasteiger partial charge in [-0.1, -0.05) is 0 Å². The summed E-state index contributed by atoms with van der Waals surface area (Å²) in [4.78, 5) is 0. The van der Waals surface area contributed by atoms with E-state index in [9.17, 15) is 26.3 Å². The number of alkyl halides is 6. The molecule has 112 valence electrons. The lowest BCUT2D eigenvalue weighted by molar-refractivity contribution is -0.143. The van der Waals surface area contributed by atoms with Gasteiger partial charge in [0.25, 0.3) is 0 Å². The Bertz CT molecular complexity index is 444. The largest absolute Gasteiger partial charge is 0.416 e. The van der Waals surface area contributed by atoms with E-state index in [-0.39, 0.29) is 24.8 Å². The third-order valence-electron chi connectivity index (χ3n) is 2.91. The zero-order valence-corrected chi connectivity index (χ0v) is 10.1. The van der Waals surface area contributed by atoms with Crippen molar-refractivity contribution in [3.8, 4) is 0 Å². The summed E-state index contributed by atoms with van der Waals surface area (Å²) in [6, 6.07) is 1.51. The van der Waals surface area contributed by atoms with Crippen LogP contribution in [0.2, 0.25) is 0 Å². The van der Waals surface area contributed by atoms with Gasteiger partial charge in [0, 0.05) is 13.1 Å². The Kier molecular flexibility index (Phi) is 3.97. The van der Waals surface area contributed by atoms with Crippen LogP contribution in [-0.2, 0) is 17.1 Å². The van der Waals surface area contributed by atoms with Crippen LogP contribution in [0.1, 0.15) is 22.8 Å². The average Bonchev–Trinajstić information content (AvgIpc) is 2.37. The highest BCUT2D eigenvalue weighted by molar-refractivity contribution is 5.35. The molecule has 1 aliphatic heterocycles. The second-order valence-corrected chi connectivity index (χ2v) is 4.40. The van der Waals surface area contributed by atoms with E-state index in [4.69, 9.17) is 4.74 Å². The number of hydrogen-bond donors (Lipinski definition) is 1. The maximum Gasteiger partial charge on any atom is 0.416 e. The Morgan fingerprint density at radius 2 is 1.50 bits per heavy atom. The Morgan fingerprint density at radius 3 is 1.90 bits per heavy atom. The number of halogens is 6. The molecule has 2 nitrogen and oxygen atoms in total. The van der Waals surface area contributed by atoms with Crippen LogP contribution >= 0.6 is 0 Å². The van der Waals surface area contributed by atoms with E-state index in [1.807, 2.05) is 0 Å². The summed E-state index contributed by atoms with van der Waals surface area (Å²) >= 11 is 0. The highest BCUT2D eigenvalue weighted by Gasteiger charge is 2.37. The number of rotatable bonds is 1. The Morgan fingerprint density at radius 1 is 0.950 bits per heavy atom. The van der Waals surface area contributed by atoms with Crippen LogP contribution in [-0.4, -0.2) is 19.7 Å². The fraction of sp³-hybridized carbons (Fsp3) is 0.500. The lowest BCUT2D eigenvalue weighted by Crippen LogP contribution is -2.33. The predicted octanol–water partition coefficient (Wildman–Crippen LogP) is 3.39. The molecule has 20 heavy (non-hydrogen) atoms. The maximum atomic E-state index is 12.7. The Hall–Kier alpha value is -1.28. The fourth-order valence-corrected chi connectivity index (χ4v) is 1.94. The van der Waals surface area contributed by atoms with Crippen molar-refractivity contribution >= 4 is 0 Å². The van der Waals surface area contributed by atoms with E-state index >= 15 is 0 Å². The van der Waals surface area contributed by atoms with Gasteiger partial charge >= 0.3 is 12.4 Å². The van der Waals surface area contributed by atoms with Crippen molar-refractivity contribution in [1.29, 1.82) is 0 Å². The second-order valence-electron chi connectivity index (χ2n) is 4.40. The SMILES string of the molecule is FC(F)(F)c1cc(C2CNCCO2)cc(C(F)(F)F)c1. The van der Waals surface area contributed by atoms with Crippen molar-refractivity contribution in [3.63, 3.8) is 0 Å². The van der Waals surface area contributed by atoms with Gasteiger partial charge in [0.2, 0.25) is 0 Å². The first-order chi connectivity index (χ1) is 9.18. The van der Waals surface area contributed by atoms with Crippen LogP contribution in [0.25, 0.3) is 0 Å². The predicted molar refractivity (Wildman–Crippen MR) is 58.0 cm³/mol. The first-order valence-electron chi connectivity index (χ1n) is 5.79. The zero-order chi connectivity index (χ0) is 15.0. The third kappa shape index (κ3) is 3.43. The monoisotopic (exact) mass is 299 g/mol. The highest BCUT2D eigenvalue weighted by Crippen LogP contribution is 2.37. The molecule has 1 saturated heterocycles. The van der Waals surface area contributed by atoms with Gasteiger partial charge in [-0.2, -0.15) is 26.3 Å². The Labute approximate surface area is 110 Å². The van der Waals surface area contributed by atoms with Crippen molar-refractivity contribution < 1.29 is 31.1 Å². The van der Waals surface area contributed by atoms with E-state index in [0.29, 0.717) is 18.7 Å².